The second kappa shape index (κ2) is 8.43. The Morgan fingerprint density at radius 2 is 2.22 bits per heavy atom. The Morgan fingerprint density at radius 3 is 2.56 bits per heavy atom. The van der Waals surface area contributed by atoms with E-state index in [4.69, 9.17) is 0 Å². The zero-order valence-corrected chi connectivity index (χ0v) is 8.23. The maximum Gasteiger partial charge on any atom is 0.324 e. The summed E-state index contributed by atoms with van der Waals surface area (Å²) in [6.45, 7) is 1.93. The Kier molecular flexibility index (Phi) is 11.4. The van der Waals surface area contributed by atoms with Crippen molar-refractivity contribution in [2.45, 2.75) is 19.8 Å². The van der Waals surface area contributed by atoms with E-state index in [9.17, 15) is 4.79 Å². The van der Waals surface area contributed by atoms with Crippen molar-refractivity contribution in [2.24, 2.45) is 0 Å². The van der Waals surface area contributed by atoms with Gasteiger partial charge in [0.2, 0.25) is 0 Å². The van der Waals surface area contributed by atoms with Crippen molar-refractivity contribution < 1.29 is 9.63 Å². The monoisotopic (exact) mass is 140 g/mol. The van der Waals surface area contributed by atoms with Gasteiger partial charge in [0.25, 0.3) is 0 Å². The average Bonchev–Trinajstić information content (AvgIpc) is 1.68. The van der Waals surface area contributed by atoms with Crippen molar-refractivity contribution in [2.75, 3.05) is 7.05 Å². The fraction of sp³-hybridized carbons (Fsp3) is 0.800. The van der Waals surface area contributed by atoms with E-state index in [2.05, 4.69) is 10.3 Å². The average molecular weight is 140 g/mol. The van der Waals surface area contributed by atoms with Crippen LogP contribution in [-0.4, -0.2) is 42.6 Å². The third kappa shape index (κ3) is 8.43. The molecule has 49 valence electrons. The van der Waals surface area contributed by atoms with Crippen LogP contribution >= 0.6 is 0 Å². The maximum absolute atomic E-state index is 10.4. The molecule has 0 aliphatic heterocycles. The number of carbonyl (C=O) groups is 1. The summed E-state index contributed by atoms with van der Waals surface area (Å²) in [5.74, 6) is -0.199. The molecule has 0 aliphatic carbocycles. The molecule has 0 amide bonds. The number of hydrogen-bond donors (Lipinski definition) is 1. The second-order valence-electron chi connectivity index (χ2n) is 1.43. The van der Waals surface area contributed by atoms with E-state index in [1.165, 1.54) is 0 Å². The minimum Gasteiger partial charge on any atom is -0.371 e. The normalized spacial score (nSPS) is 7.78. The van der Waals surface area contributed by atoms with Crippen LogP contribution in [0.3, 0.4) is 0 Å². The van der Waals surface area contributed by atoms with Crippen LogP contribution in [0.2, 0.25) is 0 Å². The first kappa shape index (κ1) is 12.1. The number of nitrogens with one attached hydrogen (secondary N) is 1. The molecule has 0 rings (SSSR count). The van der Waals surface area contributed by atoms with Gasteiger partial charge in [0, 0.05) is 43.0 Å². The third-order valence-electron chi connectivity index (χ3n) is 0.670. The molecule has 0 spiro atoms. The minimum absolute atomic E-state index is 0. The fourth-order valence-electron chi connectivity index (χ4n) is 0.369. The summed E-state index contributed by atoms with van der Waals surface area (Å²) in [4.78, 5) is 14.8. The molecule has 0 unspecified atom stereocenters. The summed E-state index contributed by atoms with van der Waals surface area (Å²) in [6, 6.07) is 0. The molecule has 1 N–H and O–H groups in total. The zero-order chi connectivity index (χ0) is 6.41. The van der Waals surface area contributed by atoms with Gasteiger partial charge in [-0.05, 0) is 6.42 Å². The van der Waals surface area contributed by atoms with Gasteiger partial charge in [-0.2, -0.15) is 5.48 Å². The summed E-state index contributed by atoms with van der Waals surface area (Å²) in [7, 11) is 1.56. The third-order valence-corrected chi connectivity index (χ3v) is 0.670. The number of hydrogen-bond acceptors (Lipinski definition) is 3. The van der Waals surface area contributed by atoms with Gasteiger partial charge in [-0.3, -0.25) is 4.79 Å². The van der Waals surface area contributed by atoms with Crippen LogP contribution in [0.4, 0.5) is 0 Å². The topological polar surface area (TPSA) is 38.3 Å². The van der Waals surface area contributed by atoms with Crippen LogP contribution in [0.5, 0.6) is 0 Å². The summed E-state index contributed by atoms with van der Waals surface area (Å²) in [5.41, 5.74) is 2.30. The summed E-state index contributed by atoms with van der Waals surface area (Å²) >= 11 is 0. The van der Waals surface area contributed by atoms with E-state index >= 15 is 0 Å². The SMILES string of the molecule is CCCC(=O)ONC.[Na]. The molecule has 0 atom stereocenters. The van der Waals surface area contributed by atoms with Crippen LogP contribution < -0.4 is 5.48 Å². The molecule has 1 radical (unpaired) electrons. The second-order valence-corrected chi connectivity index (χ2v) is 1.43. The van der Waals surface area contributed by atoms with Crippen molar-refractivity contribution in [3.63, 3.8) is 0 Å². The van der Waals surface area contributed by atoms with E-state index in [1.807, 2.05) is 6.92 Å². The Morgan fingerprint density at radius 1 is 1.67 bits per heavy atom. The molecule has 4 heteroatoms. The molecular weight excluding hydrogens is 129 g/mol. The van der Waals surface area contributed by atoms with Crippen molar-refractivity contribution >= 4 is 35.5 Å². The first-order valence-electron chi connectivity index (χ1n) is 2.67. The molecule has 9 heavy (non-hydrogen) atoms. The molecule has 3 nitrogen and oxygen atoms in total. The molecule has 0 fully saturated rings. The van der Waals surface area contributed by atoms with Gasteiger partial charge in [0.15, 0.2) is 0 Å². The van der Waals surface area contributed by atoms with Gasteiger partial charge in [-0.1, -0.05) is 6.92 Å². The van der Waals surface area contributed by atoms with Crippen molar-refractivity contribution in [3.05, 3.63) is 0 Å². The smallest absolute Gasteiger partial charge is 0.324 e. The van der Waals surface area contributed by atoms with E-state index in [-0.39, 0.29) is 35.5 Å². The first-order valence-corrected chi connectivity index (χ1v) is 2.67. The Hall–Kier alpha value is 0.430. The van der Waals surface area contributed by atoms with Crippen molar-refractivity contribution in [3.8, 4) is 0 Å². The summed E-state index contributed by atoms with van der Waals surface area (Å²) in [5, 5.41) is 0. The fourth-order valence-corrected chi connectivity index (χ4v) is 0.369. The number of carbonyl (C=O) groups excluding carboxylic acids is 1. The van der Waals surface area contributed by atoms with E-state index in [1.54, 1.807) is 7.05 Å². The summed E-state index contributed by atoms with van der Waals surface area (Å²) < 4.78 is 0. The quantitative estimate of drug-likeness (QED) is 0.445. The van der Waals surface area contributed by atoms with Gasteiger partial charge in [0.05, 0.1) is 0 Å². The molecule has 0 heterocycles. The Labute approximate surface area is 77.4 Å². The standard InChI is InChI=1S/C5H11NO2.Na/c1-3-4-5(7)8-6-2;/h6H,3-4H2,1-2H3;. The van der Waals surface area contributed by atoms with Crippen LogP contribution in [0, 0.1) is 0 Å². The Bertz CT molecular complexity index is 69.4. The minimum atomic E-state index is -0.199. The molecular formula is C5H11NNaO2. The molecule has 0 aromatic heterocycles. The molecule has 0 aliphatic rings. The van der Waals surface area contributed by atoms with Gasteiger partial charge in [0.1, 0.15) is 0 Å². The summed E-state index contributed by atoms with van der Waals surface area (Å²) in [6.07, 6.45) is 1.32. The number of rotatable bonds is 3. The predicted molar refractivity (Wildman–Crippen MR) is 35.8 cm³/mol. The van der Waals surface area contributed by atoms with Gasteiger partial charge in [-0.25, -0.2) is 0 Å². The van der Waals surface area contributed by atoms with E-state index in [0.29, 0.717) is 6.42 Å². The first-order chi connectivity index (χ1) is 3.81. The number of hydroxylamine groups is 1. The predicted octanol–water partition coefficient (Wildman–Crippen LogP) is 0.0833. The van der Waals surface area contributed by atoms with Gasteiger partial charge in [-0.15, -0.1) is 0 Å². The van der Waals surface area contributed by atoms with Crippen LogP contribution in [0.1, 0.15) is 19.8 Å². The van der Waals surface area contributed by atoms with Crippen LogP contribution in [0.15, 0.2) is 0 Å². The van der Waals surface area contributed by atoms with Gasteiger partial charge >= 0.3 is 5.97 Å². The molecule has 0 aromatic rings. The van der Waals surface area contributed by atoms with Gasteiger partial charge < -0.3 is 4.84 Å². The maximum atomic E-state index is 10.4. The zero-order valence-electron chi connectivity index (χ0n) is 6.23. The largest absolute Gasteiger partial charge is 0.371 e. The molecule has 0 bridgehead atoms. The molecule has 0 aromatic carbocycles. The van der Waals surface area contributed by atoms with Crippen LogP contribution in [-0.2, 0) is 9.63 Å². The molecule has 0 saturated heterocycles. The van der Waals surface area contributed by atoms with Crippen LogP contribution in [0.25, 0.3) is 0 Å². The van der Waals surface area contributed by atoms with Crippen molar-refractivity contribution in [1.29, 1.82) is 0 Å². The van der Waals surface area contributed by atoms with E-state index < -0.39 is 0 Å². The van der Waals surface area contributed by atoms with E-state index in [0.717, 1.165) is 6.42 Å². The molecule has 0 saturated carbocycles. The van der Waals surface area contributed by atoms with Crippen molar-refractivity contribution in [1.82, 2.24) is 5.48 Å². The Balaban J connectivity index is 0.